The van der Waals surface area contributed by atoms with E-state index in [1.807, 2.05) is 33.8 Å². The average Bonchev–Trinajstić information content (AvgIpc) is 2.60. The summed E-state index contributed by atoms with van der Waals surface area (Å²) in [6.07, 6.45) is 1.49. The molecule has 0 fully saturated rings. The van der Waals surface area contributed by atoms with Gasteiger partial charge in [-0.3, -0.25) is 0 Å². The summed E-state index contributed by atoms with van der Waals surface area (Å²) in [6, 6.07) is 2.24. The minimum absolute atomic E-state index is 0.260. The first-order chi connectivity index (χ1) is 8.49. The number of anilines is 2. The van der Waals surface area contributed by atoms with E-state index in [0.29, 0.717) is 17.3 Å². The maximum Gasteiger partial charge on any atom is 0.182 e. The normalized spacial score (nSPS) is 10.9. The van der Waals surface area contributed by atoms with Gasteiger partial charge in [0.2, 0.25) is 0 Å². The highest BCUT2D eigenvalue weighted by Gasteiger charge is 2.13. The fourth-order valence-electron chi connectivity index (χ4n) is 1.79. The lowest BCUT2D eigenvalue weighted by Crippen LogP contribution is -2.15. The third-order valence-electron chi connectivity index (χ3n) is 2.50. The van der Waals surface area contributed by atoms with Crippen molar-refractivity contribution in [3.63, 3.8) is 0 Å². The number of hydrogen-bond acceptors (Lipinski definition) is 5. The van der Waals surface area contributed by atoms with Crippen molar-refractivity contribution >= 4 is 11.5 Å². The summed E-state index contributed by atoms with van der Waals surface area (Å²) in [5.41, 5.74) is 8.53. The molecule has 0 atom stereocenters. The predicted octanol–water partition coefficient (Wildman–Crippen LogP) is 1.68. The van der Waals surface area contributed by atoms with Crippen molar-refractivity contribution in [1.29, 1.82) is 0 Å². The Balaban J connectivity index is 2.49. The Labute approximate surface area is 106 Å². The molecule has 0 aliphatic heterocycles. The Hall–Kier alpha value is -2.11. The first kappa shape index (κ1) is 12.3. The predicted molar refractivity (Wildman–Crippen MR) is 71.8 cm³/mol. The monoisotopic (exact) mass is 246 g/mol. The summed E-state index contributed by atoms with van der Waals surface area (Å²) in [5.74, 6) is 1.25. The van der Waals surface area contributed by atoms with Crippen LogP contribution in [0.25, 0.3) is 5.82 Å². The van der Waals surface area contributed by atoms with Crippen LogP contribution >= 0.6 is 0 Å². The number of aryl methyl sites for hydroxylation is 2. The molecule has 0 spiro atoms. The average molecular weight is 246 g/mol. The van der Waals surface area contributed by atoms with Gasteiger partial charge in [0.15, 0.2) is 11.6 Å². The van der Waals surface area contributed by atoms with E-state index in [1.54, 1.807) is 4.68 Å². The molecule has 0 aromatic carbocycles. The molecule has 2 rings (SSSR count). The third kappa shape index (κ3) is 2.27. The Morgan fingerprint density at radius 2 is 2.00 bits per heavy atom. The Morgan fingerprint density at radius 1 is 1.28 bits per heavy atom. The number of nitrogens with zero attached hydrogens (tertiary/aromatic N) is 4. The molecule has 96 valence electrons. The van der Waals surface area contributed by atoms with E-state index in [2.05, 4.69) is 20.4 Å². The van der Waals surface area contributed by atoms with Gasteiger partial charge in [0.1, 0.15) is 12.0 Å². The van der Waals surface area contributed by atoms with Crippen LogP contribution in [0.2, 0.25) is 0 Å². The fourth-order valence-corrected chi connectivity index (χ4v) is 1.79. The van der Waals surface area contributed by atoms with Crippen LogP contribution in [-0.2, 0) is 0 Å². The number of nitrogen functional groups attached to an aromatic ring is 1. The first-order valence-electron chi connectivity index (χ1n) is 5.89. The molecule has 3 N–H and O–H groups in total. The second-order valence-corrected chi connectivity index (χ2v) is 4.60. The minimum atomic E-state index is 0.260. The van der Waals surface area contributed by atoms with E-state index in [0.717, 1.165) is 11.4 Å². The van der Waals surface area contributed by atoms with E-state index < -0.39 is 0 Å². The summed E-state index contributed by atoms with van der Waals surface area (Å²) in [6.45, 7) is 7.97. The number of nitrogens with two attached hydrogens (primary N) is 1. The van der Waals surface area contributed by atoms with Crippen molar-refractivity contribution in [1.82, 2.24) is 19.7 Å². The van der Waals surface area contributed by atoms with Gasteiger partial charge < -0.3 is 11.1 Å². The van der Waals surface area contributed by atoms with Crippen LogP contribution in [0.15, 0.2) is 12.4 Å². The Morgan fingerprint density at radius 3 is 2.56 bits per heavy atom. The smallest absolute Gasteiger partial charge is 0.182 e. The lowest BCUT2D eigenvalue weighted by molar-refractivity contribution is 0.801. The highest BCUT2D eigenvalue weighted by atomic mass is 15.3. The maximum atomic E-state index is 6.09. The molecule has 0 amide bonds. The van der Waals surface area contributed by atoms with Crippen molar-refractivity contribution < 1.29 is 0 Å². The van der Waals surface area contributed by atoms with Gasteiger partial charge in [0.25, 0.3) is 0 Å². The van der Waals surface area contributed by atoms with Gasteiger partial charge in [0.05, 0.1) is 5.69 Å². The van der Waals surface area contributed by atoms with Crippen molar-refractivity contribution in [2.24, 2.45) is 0 Å². The van der Waals surface area contributed by atoms with E-state index in [1.165, 1.54) is 6.33 Å². The maximum absolute atomic E-state index is 6.09. The van der Waals surface area contributed by atoms with Gasteiger partial charge in [0, 0.05) is 11.7 Å². The molecule has 0 saturated carbocycles. The van der Waals surface area contributed by atoms with E-state index >= 15 is 0 Å². The number of rotatable bonds is 3. The van der Waals surface area contributed by atoms with E-state index in [4.69, 9.17) is 5.73 Å². The summed E-state index contributed by atoms with van der Waals surface area (Å²) in [4.78, 5) is 8.37. The van der Waals surface area contributed by atoms with Gasteiger partial charge in [-0.1, -0.05) is 0 Å². The quantitative estimate of drug-likeness (QED) is 0.861. The molecule has 18 heavy (non-hydrogen) atoms. The lowest BCUT2D eigenvalue weighted by Gasteiger charge is -2.13. The highest BCUT2D eigenvalue weighted by molar-refractivity contribution is 5.69. The van der Waals surface area contributed by atoms with Crippen LogP contribution < -0.4 is 11.1 Å². The second kappa shape index (κ2) is 4.64. The lowest BCUT2D eigenvalue weighted by atomic mass is 10.3. The molecule has 0 saturated heterocycles. The van der Waals surface area contributed by atoms with Crippen LogP contribution in [0.1, 0.15) is 25.2 Å². The topological polar surface area (TPSA) is 81.7 Å². The summed E-state index contributed by atoms with van der Waals surface area (Å²) in [5, 5.41) is 7.57. The van der Waals surface area contributed by atoms with Crippen molar-refractivity contribution in [3.8, 4) is 5.82 Å². The zero-order chi connectivity index (χ0) is 13.3. The minimum Gasteiger partial charge on any atom is -0.393 e. The molecule has 0 radical (unpaired) electrons. The molecule has 2 heterocycles. The number of nitrogens with one attached hydrogen (secondary N) is 1. The van der Waals surface area contributed by atoms with Crippen molar-refractivity contribution in [2.45, 2.75) is 33.7 Å². The van der Waals surface area contributed by atoms with Crippen LogP contribution in [0.5, 0.6) is 0 Å². The van der Waals surface area contributed by atoms with Crippen molar-refractivity contribution in [3.05, 3.63) is 23.8 Å². The first-order valence-corrected chi connectivity index (χ1v) is 5.89. The SMILES string of the molecule is Cc1cc(C)n(-c2ncnc(NC(C)C)c2N)n1. The third-order valence-corrected chi connectivity index (χ3v) is 2.50. The van der Waals surface area contributed by atoms with E-state index in [9.17, 15) is 0 Å². The summed E-state index contributed by atoms with van der Waals surface area (Å²) in [7, 11) is 0. The second-order valence-electron chi connectivity index (χ2n) is 4.60. The van der Waals surface area contributed by atoms with Crippen LogP contribution in [0, 0.1) is 13.8 Å². The standard InChI is InChI=1S/C12H18N6/c1-7(2)16-11-10(13)12(15-6-14-11)18-9(4)5-8(3)17-18/h5-7H,13H2,1-4H3,(H,14,15,16). The molecular weight excluding hydrogens is 228 g/mol. The van der Waals surface area contributed by atoms with E-state index in [-0.39, 0.29) is 6.04 Å². The molecule has 0 unspecified atom stereocenters. The molecule has 6 nitrogen and oxygen atoms in total. The van der Waals surface area contributed by atoms with Gasteiger partial charge in [-0.05, 0) is 33.8 Å². The van der Waals surface area contributed by atoms with Gasteiger partial charge in [-0.15, -0.1) is 0 Å². The van der Waals surface area contributed by atoms with Crippen LogP contribution in [0.3, 0.4) is 0 Å². The molecule has 6 heteroatoms. The molecule has 0 aliphatic rings. The summed E-state index contributed by atoms with van der Waals surface area (Å²) < 4.78 is 1.73. The zero-order valence-corrected chi connectivity index (χ0v) is 11.1. The Bertz CT molecular complexity index is 558. The van der Waals surface area contributed by atoms with Crippen molar-refractivity contribution in [2.75, 3.05) is 11.1 Å². The molecule has 0 bridgehead atoms. The molecule has 2 aromatic rings. The molecule has 0 aliphatic carbocycles. The van der Waals surface area contributed by atoms with Gasteiger partial charge >= 0.3 is 0 Å². The van der Waals surface area contributed by atoms with Crippen LogP contribution in [0.4, 0.5) is 11.5 Å². The molecular formula is C12H18N6. The Kier molecular flexibility index (Phi) is 3.18. The number of aromatic nitrogens is 4. The number of hydrogen-bond donors (Lipinski definition) is 2. The fraction of sp³-hybridized carbons (Fsp3) is 0.417. The van der Waals surface area contributed by atoms with Crippen LogP contribution in [-0.4, -0.2) is 25.8 Å². The zero-order valence-electron chi connectivity index (χ0n) is 11.1. The van der Waals surface area contributed by atoms with Gasteiger partial charge in [-0.2, -0.15) is 5.10 Å². The molecule has 2 aromatic heterocycles. The van der Waals surface area contributed by atoms with Gasteiger partial charge in [-0.25, -0.2) is 14.6 Å². The largest absolute Gasteiger partial charge is 0.393 e. The summed E-state index contributed by atoms with van der Waals surface area (Å²) >= 11 is 0. The highest BCUT2D eigenvalue weighted by Crippen LogP contribution is 2.22.